The Morgan fingerprint density at radius 3 is 2.75 bits per heavy atom. The molecule has 1 atom stereocenters. The molecule has 3 heteroatoms. The van der Waals surface area contributed by atoms with Crippen LogP contribution in [-0.4, -0.2) is 17.9 Å². The van der Waals surface area contributed by atoms with Crippen molar-refractivity contribution in [2.45, 2.75) is 6.10 Å². The molecule has 12 heavy (non-hydrogen) atoms. The number of carbonyl (C=O) groups excluding carboxylic acids is 1. The van der Waals surface area contributed by atoms with Gasteiger partial charge in [0.2, 0.25) is 0 Å². The molecule has 3 nitrogen and oxygen atoms in total. The van der Waals surface area contributed by atoms with Crippen molar-refractivity contribution in [3.8, 4) is 0 Å². The highest BCUT2D eigenvalue weighted by molar-refractivity contribution is 5.77. The van der Waals surface area contributed by atoms with Crippen LogP contribution in [0.5, 0.6) is 0 Å². The van der Waals surface area contributed by atoms with Crippen LogP contribution in [0.25, 0.3) is 0 Å². The Morgan fingerprint density at radius 1 is 1.50 bits per heavy atom. The normalized spacial score (nSPS) is 12.5. The van der Waals surface area contributed by atoms with Gasteiger partial charge >= 0.3 is 0 Å². The first kappa shape index (κ1) is 8.90. The molecule has 1 aromatic rings. The maximum atomic E-state index is 10.5. The van der Waals surface area contributed by atoms with Gasteiger partial charge in [-0.2, -0.15) is 0 Å². The molecule has 0 saturated carbocycles. The Balaban J connectivity index is 3.04. The van der Waals surface area contributed by atoms with Crippen molar-refractivity contribution in [2.24, 2.45) is 5.73 Å². The van der Waals surface area contributed by atoms with Crippen molar-refractivity contribution in [2.75, 3.05) is 6.54 Å². The fourth-order valence-corrected chi connectivity index (χ4v) is 1.05. The fraction of sp³-hybridized carbons (Fsp3) is 0.222. The summed E-state index contributed by atoms with van der Waals surface area (Å²) in [6.07, 6.45) is -0.0276. The first-order chi connectivity index (χ1) is 5.79. The summed E-state index contributed by atoms with van der Waals surface area (Å²) < 4.78 is 0. The largest absolute Gasteiger partial charge is 0.387 e. The van der Waals surface area contributed by atoms with Gasteiger partial charge in [-0.3, -0.25) is 4.79 Å². The molecule has 64 valence electrons. The quantitative estimate of drug-likeness (QED) is 0.641. The summed E-state index contributed by atoms with van der Waals surface area (Å²) >= 11 is 0. The Bertz CT molecular complexity index is 273. The molecule has 0 heterocycles. The lowest BCUT2D eigenvalue weighted by molar-refractivity contribution is 0.111. The predicted octanol–water partition coefficient (Wildman–Crippen LogP) is 0.491. The van der Waals surface area contributed by atoms with Gasteiger partial charge in [0.25, 0.3) is 0 Å². The maximum absolute atomic E-state index is 10.5. The Kier molecular flexibility index (Phi) is 2.96. The van der Waals surface area contributed by atoms with E-state index in [1.165, 1.54) is 0 Å². The highest BCUT2D eigenvalue weighted by atomic mass is 16.3. The summed E-state index contributed by atoms with van der Waals surface area (Å²) in [4.78, 5) is 10.5. The van der Waals surface area contributed by atoms with E-state index in [0.29, 0.717) is 17.4 Å². The van der Waals surface area contributed by atoms with E-state index in [0.717, 1.165) is 0 Å². The average Bonchev–Trinajstić information content (AvgIpc) is 2.16. The molecule has 0 aliphatic heterocycles. The van der Waals surface area contributed by atoms with Crippen LogP contribution in [0.15, 0.2) is 24.3 Å². The summed E-state index contributed by atoms with van der Waals surface area (Å²) in [6, 6.07) is 6.86. The first-order valence-corrected chi connectivity index (χ1v) is 3.72. The molecule has 1 aromatic carbocycles. The molecule has 3 N–H and O–H groups in total. The van der Waals surface area contributed by atoms with Gasteiger partial charge in [0.15, 0.2) is 0 Å². The summed E-state index contributed by atoms with van der Waals surface area (Å²) in [6.45, 7) is 0.130. The van der Waals surface area contributed by atoms with Crippen LogP contribution in [0.4, 0.5) is 0 Å². The molecule has 0 aliphatic rings. The molecule has 0 bridgehead atoms. The van der Waals surface area contributed by atoms with Crippen LogP contribution in [0.2, 0.25) is 0 Å². The molecular weight excluding hydrogens is 154 g/mol. The van der Waals surface area contributed by atoms with Gasteiger partial charge in [-0.05, 0) is 5.56 Å². The van der Waals surface area contributed by atoms with Crippen LogP contribution in [0.1, 0.15) is 22.0 Å². The second-order valence-electron chi connectivity index (χ2n) is 2.50. The zero-order valence-corrected chi connectivity index (χ0v) is 6.60. The van der Waals surface area contributed by atoms with E-state index >= 15 is 0 Å². The van der Waals surface area contributed by atoms with Gasteiger partial charge < -0.3 is 10.8 Å². The highest BCUT2D eigenvalue weighted by Gasteiger charge is 2.08. The number of rotatable bonds is 3. The van der Waals surface area contributed by atoms with E-state index in [1.54, 1.807) is 24.3 Å². The monoisotopic (exact) mass is 165 g/mol. The Labute approximate surface area is 70.8 Å². The van der Waals surface area contributed by atoms with Gasteiger partial charge in [0.1, 0.15) is 6.29 Å². The van der Waals surface area contributed by atoms with E-state index < -0.39 is 6.10 Å². The van der Waals surface area contributed by atoms with Gasteiger partial charge in [0, 0.05) is 12.1 Å². The summed E-state index contributed by atoms with van der Waals surface area (Å²) in [5.41, 5.74) is 6.35. The summed E-state index contributed by atoms with van der Waals surface area (Å²) in [5, 5.41) is 9.36. The van der Waals surface area contributed by atoms with Gasteiger partial charge in [-0.25, -0.2) is 0 Å². The molecule has 0 aliphatic carbocycles. The van der Waals surface area contributed by atoms with Gasteiger partial charge in [0.05, 0.1) is 6.10 Å². The topological polar surface area (TPSA) is 63.3 Å². The van der Waals surface area contributed by atoms with Crippen molar-refractivity contribution in [1.29, 1.82) is 0 Å². The highest BCUT2D eigenvalue weighted by Crippen LogP contribution is 2.14. The second kappa shape index (κ2) is 3.99. The number of aliphatic hydroxyl groups excluding tert-OH is 1. The number of carbonyl (C=O) groups is 1. The van der Waals surface area contributed by atoms with Gasteiger partial charge in [-0.15, -0.1) is 0 Å². The Hall–Kier alpha value is -1.19. The van der Waals surface area contributed by atoms with E-state index in [9.17, 15) is 9.90 Å². The molecular formula is C9H11NO2. The first-order valence-electron chi connectivity index (χ1n) is 3.72. The molecule has 0 amide bonds. The third-order valence-electron chi connectivity index (χ3n) is 1.71. The molecule has 0 radical (unpaired) electrons. The van der Waals surface area contributed by atoms with E-state index in [-0.39, 0.29) is 6.54 Å². The summed E-state index contributed by atoms with van der Waals surface area (Å²) in [5.74, 6) is 0. The van der Waals surface area contributed by atoms with Crippen molar-refractivity contribution in [3.05, 3.63) is 35.4 Å². The fourth-order valence-electron chi connectivity index (χ4n) is 1.05. The lowest BCUT2D eigenvalue weighted by Crippen LogP contribution is -2.13. The van der Waals surface area contributed by atoms with E-state index in [2.05, 4.69) is 0 Å². The van der Waals surface area contributed by atoms with Crippen molar-refractivity contribution < 1.29 is 9.90 Å². The van der Waals surface area contributed by atoms with E-state index in [4.69, 9.17) is 5.73 Å². The number of hydrogen-bond donors (Lipinski definition) is 2. The standard InChI is InChI=1S/C9H11NO2/c10-5-9(12)8-4-2-1-3-7(8)6-11/h1-4,6,9,12H,5,10H2. The maximum Gasteiger partial charge on any atom is 0.150 e. The average molecular weight is 165 g/mol. The minimum Gasteiger partial charge on any atom is -0.387 e. The second-order valence-corrected chi connectivity index (χ2v) is 2.50. The molecule has 1 unspecified atom stereocenters. The third kappa shape index (κ3) is 1.69. The van der Waals surface area contributed by atoms with Crippen molar-refractivity contribution in [1.82, 2.24) is 0 Å². The Morgan fingerprint density at radius 2 is 2.17 bits per heavy atom. The number of aldehydes is 1. The molecule has 1 rings (SSSR count). The number of benzene rings is 1. The zero-order chi connectivity index (χ0) is 8.97. The van der Waals surface area contributed by atoms with Crippen molar-refractivity contribution >= 4 is 6.29 Å². The minimum absolute atomic E-state index is 0.130. The summed E-state index contributed by atoms with van der Waals surface area (Å²) in [7, 11) is 0. The number of aliphatic hydroxyl groups is 1. The van der Waals surface area contributed by atoms with Crippen LogP contribution < -0.4 is 5.73 Å². The van der Waals surface area contributed by atoms with E-state index in [1.807, 2.05) is 0 Å². The molecule has 0 aromatic heterocycles. The smallest absolute Gasteiger partial charge is 0.150 e. The third-order valence-corrected chi connectivity index (χ3v) is 1.71. The van der Waals surface area contributed by atoms with Gasteiger partial charge in [-0.1, -0.05) is 24.3 Å². The minimum atomic E-state index is -0.744. The van der Waals surface area contributed by atoms with Crippen LogP contribution in [-0.2, 0) is 0 Å². The SMILES string of the molecule is NCC(O)c1ccccc1C=O. The lowest BCUT2D eigenvalue weighted by atomic mass is 10.0. The zero-order valence-electron chi connectivity index (χ0n) is 6.60. The molecule has 0 fully saturated rings. The molecule has 0 spiro atoms. The number of hydrogen-bond acceptors (Lipinski definition) is 3. The number of nitrogens with two attached hydrogens (primary N) is 1. The van der Waals surface area contributed by atoms with Crippen LogP contribution in [0, 0.1) is 0 Å². The van der Waals surface area contributed by atoms with Crippen LogP contribution in [0.3, 0.4) is 0 Å². The lowest BCUT2D eigenvalue weighted by Gasteiger charge is -2.09. The van der Waals surface area contributed by atoms with Crippen molar-refractivity contribution in [3.63, 3.8) is 0 Å². The molecule has 0 saturated heterocycles. The van der Waals surface area contributed by atoms with Crippen LogP contribution >= 0.6 is 0 Å². The predicted molar refractivity (Wildman–Crippen MR) is 45.8 cm³/mol.